The number of allylic oxidation sites excluding steroid dienone is 4. The Morgan fingerprint density at radius 2 is 1.91 bits per heavy atom. The van der Waals surface area contributed by atoms with Crippen molar-refractivity contribution < 1.29 is 19.4 Å². The van der Waals surface area contributed by atoms with Gasteiger partial charge < -0.3 is 9.84 Å². The molecule has 0 aliphatic heterocycles. The summed E-state index contributed by atoms with van der Waals surface area (Å²) in [7, 11) is 1.57. The third-order valence-corrected chi connectivity index (χ3v) is 5.37. The number of hydrogen-bond acceptors (Lipinski definition) is 4. The van der Waals surface area contributed by atoms with Gasteiger partial charge in [0.25, 0.3) is 0 Å². The van der Waals surface area contributed by atoms with E-state index in [1.807, 2.05) is 19.9 Å². The maximum absolute atomic E-state index is 12.6. The zero-order valence-electron chi connectivity index (χ0n) is 13.8. The molecule has 2 atom stereocenters. The molecule has 0 saturated heterocycles. The Morgan fingerprint density at radius 1 is 1.22 bits per heavy atom. The average molecular weight is 312 g/mol. The van der Waals surface area contributed by atoms with E-state index in [1.54, 1.807) is 38.3 Å². The Morgan fingerprint density at radius 3 is 2.52 bits per heavy atom. The molecule has 0 bridgehead atoms. The Kier molecular flexibility index (Phi) is 3.25. The van der Waals surface area contributed by atoms with Crippen LogP contribution in [0.25, 0.3) is 0 Å². The molecule has 1 N–H and O–H groups in total. The molecule has 0 aromatic heterocycles. The van der Waals surface area contributed by atoms with Crippen LogP contribution < -0.4 is 4.74 Å². The van der Waals surface area contributed by atoms with Crippen molar-refractivity contribution >= 4 is 11.6 Å². The highest BCUT2D eigenvalue weighted by Gasteiger charge is 2.52. The quantitative estimate of drug-likeness (QED) is 0.907. The summed E-state index contributed by atoms with van der Waals surface area (Å²) in [4.78, 5) is 25.1. The normalized spacial score (nSPS) is 29.4. The van der Waals surface area contributed by atoms with Crippen LogP contribution in [-0.2, 0) is 10.2 Å². The smallest absolute Gasteiger partial charge is 0.227 e. The van der Waals surface area contributed by atoms with E-state index < -0.39 is 16.6 Å². The highest BCUT2D eigenvalue weighted by atomic mass is 16.5. The van der Waals surface area contributed by atoms with Crippen molar-refractivity contribution in [2.75, 3.05) is 7.11 Å². The van der Waals surface area contributed by atoms with Crippen molar-refractivity contribution in [3.8, 4) is 5.75 Å². The number of rotatable bonds is 2. The zero-order chi connectivity index (χ0) is 17.0. The minimum absolute atomic E-state index is 0.0850. The molecule has 0 fully saturated rings. The van der Waals surface area contributed by atoms with Gasteiger partial charge in [-0.05, 0) is 50.1 Å². The average Bonchev–Trinajstić information content (AvgIpc) is 2.56. The van der Waals surface area contributed by atoms with Gasteiger partial charge in [-0.25, -0.2) is 0 Å². The van der Waals surface area contributed by atoms with E-state index in [1.165, 1.54) is 0 Å². The van der Waals surface area contributed by atoms with Crippen LogP contribution in [0.2, 0.25) is 0 Å². The molecule has 0 heterocycles. The van der Waals surface area contributed by atoms with Crippen LogP contribution in [0.5, 0.6) is 5.75 Å². The molecule has 0 amide bonds. The monoisotopic (exact) mass is 312 g/mol. The van der Waals surface area contributed by atoms with Gasteiger partial charge in [-0.15, -0.1) is 0 Å². The molecule has 1 aromatic carbocycles. The molecule has 2 aliphatic carbocycles. The number of aliphatic hydroxyl groups excluding tert-OH is 1. The minimum atomic E-state index is -0.885. The fourth-order valence-corrected chi connectivity index (χ4v) is 3.81. The van der Waals surface area contributed by atoms with E-state index in [0.29, 0.717) is 23.3 Å². The standard InChI is InChI=1S/C19H20O4/c1-5-18(2)14(20)8-9-19(3)13-10-11(23-4)6-7-12(13)15(21)16(22)17(18)19/h6-10,22H,5H2,1-4H3. The Balaban J connectivity index is 2.39. The summed E-state index contributed by atoms with van der Waals surface area (Å²) in [6.07, 6.45) is 3.86. The topological polar surface area (TPSA) is 63.6 Å². The minimum Gasteiger partial charge on any atom is -0.504 e. The third-order valence-electron chi connectivity index (χ3n) is 5.37. The summed E-state index contributed by atoms with van der Waals surface area (Å²) in [6.45, 7) is 5.62. The summed E-state index contributed by atoms with van der Waals surface area (Å²) in [5.74, 6) is -0.176. The van der Waals surface area contributed by atoms with Crippen molar-refractivity contribution in [3.63, 3.8) is 0 Å². The first-order valence-corrected chi connectivity index (χ1v) is 7.70. The molecule has 0 spiro atoms. The first kappa shape index (κ1) is 15.5. The van der Waals surface area contributed by atoms with E-state index in [2.05, 4.69) is 0 Å². The number of ketones is 2. The fourth-order valence-electron chi connectivity index (χ4n) is 3.81. The second-order valence-electron chi connectivity index (χ2n) is 6.55. The van der Waals surface area contributed by atoms with Crippen molar-refractivity contribution in [2.24, 2.45) is 5.41 Å². The maximum atomic E-state index is 12.6. The van der Waals surface area contributed by atoms with Crippen molar-refractivity contribution in [1.82, 2.24) is 0 Å². The number of Topliss-reactive ketones (excluding diaryl/α,β-unsaturated/α-hetero) is 1. The van der Waals surface area contributed by atoms with Crippen LogP contribution in [0.15, 0.2) is 41.7 Å². The summed E-state index contributed by atoms with van der Waals surface area (Å²) >= 11 is 0. The summed E-state index contributed by atoms with van der Waals surface area (Å²) < 4.78 is 5.29. The Labute approximate surface area is 135 Å². The van der Waals surface area contributed by atoms with Gasteiger partial charge in [0.15, 0.2) is 11.5 Å². The first-order valence-electron chi connectivity index (χ1n) is 7.70. The van der Waals surface area contributed by atoms with Gasteiger partial charge in [0, 0.05) is 16.6 Å². The van der Waals surface area contributed by atoms with Gasteiger partial charge in [0.2, 0.25) is 5.78 Å². The highest BCUT2D eigenvalue weighted by molar-refractivity contribution is 6.13. The molecule has 0 radical (unpaired) electrons. The van der Waals surface area contributed by atoms with Crippen LogP contribution in [0, 0.1) is 5.41 Å². The van der Waals surface area contributed by atoms with E-state index >= 15 is 0 Å². The van der Waals surface area contributed by atoms with E-state index in [9.17, 15) is 14.7 Å². The van der Waals surface area contributed by atoms with E-state index in [4.69, 9.17) is 4.74 Å². The number of aliphatic hydroxyl groups is 1. The van der Waals surface area contributed by atoms with Gasteiger partial charge in [0.1, 0.15) is 5.75 Å². The lowest BCUT2D eigenvalue weighted by atomic mass is 9.56. The van der Waals surface area contributed by atoms with Crippen LogP contribution >= 0.6 is 0 Å². The van der Waals surface area contributed by atoms with E-state index in [0.717, 1.165) is 5.56 Å². The lowest BCUT2D eigenvalue weighted by Crippen LogP contribution is -2.46. The lowest BCUT2D eigenvalue weighted by molar-refractivity contribution is -0.122. The third kappa shape index (κ3) is 1.84. The molecule has 1 aromatic rings. The number of benzene rings is 1. The maximum Gasteiger partial charge on any atom is 0.227 e. The van der Waals surface area contributed by atoms with Crippen LogP contribution in [-0.4, -0.2) is 23.8 Å². The molecular formula is C19H20O4. The van der Waals surface area contributed by atoms with Crippen molar-refractivity contribution in [2.45, 2.75) is 32.6 Å². The van der Waals surface area contributed by atoms with Gasteiger partial charge >= 0.3 is 0 Å². The van der Waals surface area contributed by atoms with Crippen molar-refractivity contribution in [1.29, 1.82) is 0 Å². The molecule has 4 nitrogen and oxygen atoms in total. The van der Waals surface area contributed by atoms with Crippen LogP contribution in [0.4, 0.5) is 0 Å². The Bertz CT molecular complexity index is 787. The number of hydrogen-bond donors (Lipinski definition) is 1. The molecule has 0 saturated carbocycles. The van der Waals surface area contributed by atoms with Gasteiger partial charge in [-0.1, -0.05) is 13.0 Å². The lowest BCUT2D eigenvalue weighted by Gasteiger charge is -2.46. The number of methoxy groups -OCH3 is 1. The molecule has 120 valence electrons. The van der Waals surface area contributed by atoms with Gasteiger partial charge in [0.05, 0.1) is 12.5 Å². The number of fused-ring (bicyclic) bond motifs is 3. The predicted octanol–water partition coefficient (Wildman–Crippen LogP) is 3.52. The zero-order valence-corrected chi connectivity index (χ0v) is 13.8. The van der Waals surface area contributed by atoms with E-state index in [-0.39, 0.29) is 11.5 Å². The summed E-state index contributed by atoms with van der Waals surface area (Å²) in [5, 5.41) is 10.6. The van der Waals surface area contributed by atoms with Gasteiger partial charge in [-0.2, -0.15) is 0 Å². The number of carbonyl (C=O) groups is 2. The highest BCUT2D eigenvalue weighted by Crippen LogP contribution is 2.53. The molecule has 4 heteroatoms. The number of ether oxygens (including phenoxy) is 1. The number of carbonyl (C=O) groups excluding carboxylic acids is 2. The molecule has 2 unspecified atom stereocenters. The van der Waals surface area contributed by atoms with Gasteiger partial charge in [-0.3, -0.25) is 9.59 Å². The second-order valence-corrected chi connectivity index (χ2v) is 6.55. The van der Waals surface area contributed by atoms with Crippen LogP contribution in [0.3, 0.4) is 0 Å². The molecule has 3 rings (SSSR count). The molecular weight excluding hydrogens is 292 g/mol. The first-order chi connectivity index (χ1) is 10.8. The second kappa shape index (κ2) is 4.82. The fraction of sp³-hybridized carbons (Fsp3) is 0.368. The SMILES string of the molecule is CCC1(C)C(=O)C=CC2(C)C1=C(O)C(=O)c1ccc(OC)cc12. The van der Waals surface area contributed by atoms with Crippen molar-refractivity contribution in [3.05, 3.63) is 52.8 Å². The Hall–Kier alpha value is -2.36. The molecule has 23 heavy (non-hydrogen) atoms. The summed E-state index contributed by atoms with van der Waals surface area (Å²) in [5.41, 5.74) is 0.112. The van der Waals surface area contributed by atoms with Crippen LogP contribution in [0.1, 0.15) is 43.1 Å². The summed E-state index contributed by atoms with van der Waals surface area (Å²) in [6, 6.07) is 5.19. The largest absolute Gasteiger partial charge is 0.504 e. The molecule has 2 aliphatic rings. The predicted molar refractivity (Wildman–Crippen MR) is 86.9 cm³/mol.